The molecule has 1 aliphatic rings. The molecule has 0 radical (unpaired) electrons. The van der Waals surface area contributed by atoms with E-state index in [1.54, 1.807) is 28.9 Å². The maximum absolute atomic E-state index is 12.5. The second-order valence-electron chi connectivity index (χ2n) is 6.80. The summed E-state index contributed by atoms with van der Waals surface area (Å²) in [7, 11) is 0. The zero-order valence-corrected chi connectivity index (χ0v) is 16.4. The van der Waals surface area contributed by atoms with Gasteiger partial charge in [0.05, 0.1) is 10.9 Å². The lowest BCUT2D eigenvalue weighted by Crippen LogP contribution is -2.25. The molecule has 2 aromatic carbocycles. The smallest absolute Gasteiger partial charge is 0.293 e. The number of ether oxygens (including phenoxy) is 1. The Morgan fingerprint density at radius 3 is 2.90 bits per heavy atom. The molecule has 0 atom stereocenters. The van der Waals surface area contributed by atoms with Gasteiger partial charge in [0, 0.05) is 29.2 Å². The molecule has 2 bridgehead atoms. The molecule has 0 unspecified atom stereocenters. The lowest BCUT2D eigenvalue weighted by Gasteiger charge is -2.06. The third-order valence-electron chi connectivity index (χ3n) is 4.79. The van der Waals surface area contributed by atoms with E-state index in [9.17, 15) is 4.79 Å². The number of nitrogens with zero attached hydrogens (tertiary/aromatic N) is 5. The number of hydrogen-bond donors (Lipinski definition) is 0. The molecule has 0 saturated carbocycles. The molecular formula is C24H17N5O2. The summed E-state index contributed by atoms with van der Waals surface area (Å²) >= 11 is 0. The minimum Gasteiger partial charge on any atom is -0.490 e. The fraction of sp³-hybridized carbons (Fsp3) is 0.0417. The van der Waals surface area contributed by atoms with Crippen molar-refractivity contribution >= 4 is 35.0 Å². The van der Waals surface area contributed by atoms with Gasteiger partial charge in [0.25, 0.3) is 5.91 Å². The number of benzene rings is 2. The minimum absolute atomic E-state index is 0.332. The highest BCUT2D eigenvalue weighted by Gasteiger charge is 2.08. The number of aromatic nitrogens is 3. The van der Waals surface area contributed by atoms with Crippen LogP contribution in [0.25, 0.3) is 17.1 Å². The first-order valence-electron chi connectivity index (χ1n) is 9.71. The molecule has 0 aliphatic carbocycles. The van der Waals surface area contributed by atoms with Crippen LogP contribution in [-0.2, 0) is 0 Å². The predicted octanol–water partition coefficient (Wildman–Crippen LogP) is 2.83. The highest BCUT2D eigenvalue weighted by molar-refractivity contribution is 5.99. The first-order chi connectivity index (χ1) is 15.3. The zero-order chi connectivity index (χ0) is 21.0. The Hall–Kier alpha value is -4.39. The average Bonchev–Trinajstić information content (AvgIpc) is 3.25. The van der Waals surface area contributed by atoms with Crippen molar-refractivity contribution in [3.8, 4) is 5.75 Å². The summed E-state index contributed by atoms with van der Waals surface area (Å²) in [5.74, 6) is 0.884. The average molecular weight is 407 g/mol. The number of allylic oxidation sites excluding steroid dienone is 1. The van der Waals surface area contributed by atoms with Crippen LogP contribution in [0.15, 0.2) is 89.3 Å². The van der Waals surface area contributed by atoms with E-state index in [1.165, 1.54) is 12.5 Å². The van der Waals surface area contributed by atoms with Crippen molar-refractivity contribution in [2.75, 3.05) is 6.61 Å². The maximum Gasteiger partial charge on any atom is 0.293 e. The number of para-hydroxylation sites is 1. The summed E-state index contributed by atoms with van der Waals surface area (Å²) in [6, 6.07) is 16.8. The van der Waals surface area contributed by atoms with Crippen LogP contribution < -0.4 is 15.3 Å². The number of fused-ring (bicyclic) bond motifs is 3. The fourth-order valence-corrected chi connectivity index (χ4v) is 3.29. The first kappa shape index (κ1) is 18.6. The molecule has 0 spiro atoms. The van der Waals surface area contributed by atoms with Crippen molar-refractivity contribution < 1.29 is 9.53 Å². The van der Waals surface area contributed by atoms with Gasteiger partial charge in [-0.3, -0.25) is 4.79 Å². The van der Waals surface area contributed by atoms with Crippen molar-refractivity contribution in [2.45, 2.75) is 0 Å². The highest BCUT2D eigenvalue weighted by atomic mass is 16.5. The monoisotopic (exact) mass is 407 g/mol. The minimum atomic E-state index is -0.338. The largest absolute Gasteiger partial charge is 0.490 e. The van der Waals surface area contributed by atoms with E-state index in [-0.39, 0.29) is 5.91 Å². The van der Waals surface area contributed by atoms with Gasteiger partial charge in [-0.1, -0.05) is 18.2 Å². The molecular weight excluding hydrogens is 390 g/mol. The van der Waals surface area contributed by atoms with Crippen molar-refractivity contribution in [1.82, 2.24) is 14.5 Å². The van der Waals surface area contributed by atoms with Crippen LogP contribution in [0, 0.1) is 0 Å². The Morgan fingerprint density at radius 2 is 1.94 bits per heavy atom. The third-order valence-corrected chi connectivity index (χ3v) is 4.79. The van der Waals surface area contributed by atoms with Crippen LogP contribution >= 0.6 is 0 Å². The molecule has 7 nitrogen and oxygen atoms in total. The van der Waals surface area contributed by atoms with Gasteiger partial charge < -0.3 is 9.30 Å². The fourth-order valence-electron chi connectivity index (χ4n) is 3.29. The van der Waals surface area contributed by atoms with Gasteiger partial charge in [0.1, 0.15) is 24.4 Å². The van der Waals surface area contributed by atoms with Gasteiger partial charge in [-0.05, 0) is 48.6 Å². The quantitative estimate of drug-likeness (QED) is 0.449. The highest BCUT2D eigenvalue weighted by Crippen LogP contribution is 2.25. The number of amides is 1. The van der Waals surface area contributed by atoms with Gasteiger partial charge in [-0.2, -0.15) is 0 Å². The molecule has 0 fully saturated rings. The summed E-state index contributed by atoms with van der Waals surface area (Å²) in [6.07, 6.45) is 10.1. The topological polar surface area (TPSA) is 81.7 Å². The van der Waals surface area contributed by atoms with Crippen LogP contribution in [0.4, 0.5) is 5.82 Å². The van der Waals surface area contributed by atoms with Crippen molar-refractivity contribution in [3.63, 3.8) is 0 Å². The molecule has 0 saturated heterocycles. The zero-order valence-electron chi connectivity index (χ0n) is 16.4. The summed E-state index contributed by atoms with van der Waals surface area (Å²) in [4.78, 5) is 30.1. The van der Waals surface area contributed by atoms with E-state index >= 15 is 0 Å². The van der Waals surface area contributed by atoms with Crippen molar-refractivity contribution in [1.29, 1.82) is 0 Å². The van der Waals surface area contributed by atoms with E-state index in [0.717, 1.165) is 21.5 Å². The number of carbonyl (C=O) groups is 1. The molecule has 1 amide bonds. The van der Waals surface area contributed by atoms with Crippen LogP contribution in [0.2, 0.25) is 0 Å². The van der Waals surface area contributed by atoms with E-state index in [0.29, 0.717) is 23.9 Å². The SMILES string of the molecule is O=C1/N=C\C=C/COc2ccc3ncnc(c3c2)/N=c2/cccc/c2=C/n2cccc21. The first-order valence-corrected chi connectivity index (χ1v) is 9.71. The second-order valence-corrected chi connectivity index (χ2v) is 6.80. The number of carbonyl (C=O) groups excluding carboxylic acids is 1. The van der Waals surface area contributed by atoms with Gasteiger partial charge >= 0.3 is 0 Å². The van der Waals surface area contributed by atoms with Crippen LogP contribution in [0.3, 0.4) is 0 Å². The molecule has 2 aromatic heterocycles. The third kappa shape index (κ3) is 3.89. The lowest BCUT2D eigenvalue weighted by atomic mass is 10.2. The lowest BCUT2D eigenvalue weighted by molar-refractivity contribution is 0.0997. The number of rotatable bonds is 0. The second kappa shape index (κ2) is 8.16. The van der Waals surface area contributed by atoms with Crippen LogP contribution in [0.1, 0.15) is 10.5 Å². The Morgan fingerprint density at radius 1 is 1.00 bits per heavy atom. The molecule has 1 aliphatic heterocycles. The van der Waals surface area contributed by atoms with Crippen molar-refractivity contribution in [2.24, 2.45) is 9.98 Å². The molecule has 5 rings (SSSR count). The molecule has 4 aromatic rings. The van der Waals surface area contributed by atoms with Crippen LogP contribution in [-0.4, -0.2) is 33.3 Å². The van der Waals surface area contributed by atoms with Gasteiger partial charge in [-0.25, -0.2) is 20.0 Å². The molecule has 150 valence electrons. The number of hydrogen-bond acceptors (Lipinski definition) is 5. The summed E-state index contributed by atoms with van der Waals surface area (Å²) in [5.41, 5.74) is 1.23. The Labute approximate surface area is 177 Å². The predicted molar refractivity (Wildman–Crippen MR) is 118 cm³/mol. The van der Waals surface area contributed by atoms with Gasteiger partial charge in [-0.15, -0.1) is 0 Å². The summed E-state index contributed by atoms with van der Waals surface area (Å²) in [6.45, 7) is 0.332. The van der Waals surface area contributed by atoms with Gasteiger partial charge in [0.15, 0.2) is 5.82 Å². The molecule has 31 heavy (non-hydrogen) atoms. The van der Waals surface area contributed by atoms with E-state index in [4.69, 9.17) is 9.73 Å². The summed E-state index contributed by atoms with van der Waals surface area (Å²) in [5, 5.41) is 2.34. The van der Waals surface area contributed by atoms with Crippen molar-refractivity contribution in [3.05, 3.63) is 95.5 Å². The Bertz CT molecular complexity index is 1470. The molecule has 7 heteroatoms. The van der Waals surface area contributed by atoms with Crippen LogP contribution in [0.5, 0.6) is 5.75 Å². The standard InChI is InChI=1S/C24H17N5O2/c30-24-22-8-5-12-29(22)15-17-6-1-2-7-20(17)28-23-19-14-18(31-13-4-3-11-25-24)9-10-21(19)26-16-27-23/h1-12,14-16H,13H2/b4-3-,17-15-,25-11-,28-20-. The van der Waals surface area contributed by atoms with E-state index < -0.39 is 0 Å². The summed E-state index contributed by atoms with van der Waals surface area (Å²) < 4.78 is 7.54. The Kier molecular flexibility index (Phi) is 4.90. The molecule has 3 heterocycles. The van der Waals surface area contributed by atoms with E-state index in [2.05, 4.69) is 15.0 Å². The Balaban J connectivity index is 1.78. The molecule has 0 N–H and O–H groups in total. The van der Waals surface area contributed by atoms with Gasteiger partial charge in [0.2, 0.25) is 0 Å². The normalized spacial score (nSPS) is 17.9. The number of aliphatic imine (C=N–C) groups is 1. The maximum atomic E-state index is 12.5. The van der Waals surface area contributed by atoms with E-state index in [1.807, 2.05) is 54.9 Å².